The SMILES string of the molecule is [W].[c-]1cc(N2CCC(c3ncn[nH]3)CC2)ccn1. The van der Waals surface area contributed by atoms with Gasteiger partial charge in [-0.25, -0.2) is 4.98 Å². The van der Waals surface area contributed by atoms with Gasteiger partial charge >= 0.3 is 0 Å². The first-order chi connectivity index (χ1) is 8.43. The molecule has 1 fully saturated rings. The zero-order valence-electron chi connectivity index (χ0n) is 9.91. The average molecular weight is 412 g/mol. The molecule has 1 aliphatic heterocycles. The molecular weight excluding hydrogens is 398 g/mol. The van der Waals surface area contributed by atoms with Gasteiger partial charge in [-0.15, -0.1) is 12.1 Å². The number of nitrogens with one attached hydrogen (secondary N) is 1. The molecule has 6 heteroatoms. The van der Waals surface area contributed by atoms with E-state index in [1.54, 1.807) is 12.5 Å². The van der Waals surface area contributed by atoms with Crippen molar-refractivity contribution in [2.45, 2.75) is 18.8 Å². The standard InChI is InChI=1S/C12H14N5.W/c1-5-13-6-2-11(1)17-7-3-10(4-8-17)12-14-9-15-16-12;/h1-2,5,9-10H,3-4,7-8H2,(H,14,15,16);/q-1;. The maximum atomic E-state index is 4.24. The minimum absolute atomic E-state index is 0. The Hall–Kier alpha value is -1.22. The smallest absolute Gasteiger partial charge is 0.137 e. The van der Waals surface area contributed by atoms with Crippen molar-refractivity contribution >= 4 is 5.69 Å². The van der Waals surface area contributed by atoms with Crippen molar-refractivity contribution in [1.29, 1.82) is 0 Å². The van der Waals surface area contributed by atoms with Gasteiger partial charge in [-0.05, 0) is 12.8 Å². The van der Waals surface area contributed by atoms with Crippen LogP contribution < -0.4 is 4.90 Å². The molecule has 3 rings (SSSR count). The number of aromatic nitrogens is 4. The van der Waals surface area contributed by atoms with E-state index in [9.17, 15) is 0 Å². The molecule has 0 atom stereocenters. The summed E-state index contributed by atoms with van der Waals surface area (Å²) in [6.07, 6.45) is 8.47. The fraction of sp³-hybridized carbons (Fsp3) is 0.417. The third-order valence-corrected chi connectivity index (χ3v) is 3.29. The fourth-order valence-electron chi connectivity index (χ4n) is 2.33. The van der Waals surface area contributed by atoms with Crippen molar-refractivity contribution in [2.24, 2.45) is 0 Å². The van der Waals surface area contributed by atoms with Crippen LogP contribution >= 0.6 is 0 Å². The largest absolute Gasteiger partial charge is 0.423 e. The molecule has 5 nitrogen and oxygen atoms in total. The molecule has 0 radical (unpaired) electrons. The number of hydrogen-bond donors (Lipinski definition) is 1. The van der Waals surface area contributed by atoms with Crippen LogP contribution in [-0.2, 0) is 21.1 Å². The Morgan fingerprint density at radius 3 is 2.78 bits per heavy atom. The van der Waals surface area contributed by atoms with Crippen LogP contribution in [0.25, 0.3) is 0 Å². The maximum absolute atomic E-state index is 4.24. The van der Waals surface area contributed by atoms with Crippen molar-refractivity contribution in [2.75, 3.05) is 18.0 Å². The normalized spacial score (nSPS) is 16.3. The van der Waals surface area contributed by atoms with Crippen LogP contribution in [0.2, 0.25) is 0 Å². The van der Waals surface area contributed by atoms with Crippen LogP contribution in [0.15, 0.2) is 24.7 Å². The first kappa shape index (κ1) is 13.2. The first-order valence-corrected chi connectivity index (χ1v) is 5.86. The summed E-state index contributed by atoms with van der Waals surface area (Å²) in [7, 11) is 0. The zero-order chi connectivity index (χ0) is 11.5. The van der Waals surface area contributed by atoms with Crippen LogP contribution in [0, 0.1) is 6.20 Å². The van der Waals surface area contributed by atoms with Crippen LogP contribution in [-0.4, -0.2) is 33.3 Å². The van der Waals surface area contributed by atoms with Gasteiger partial charge in [0.15, 0.2) is 0 Å². The number of anilines is 1. The minimum atomic E-state index is 0. The number of piperidine rings is 1. The molecule has 1 saturated heterocycles. The van der Waals surface area contributed by atoms with Gasteiger partial charge in [-0.2, -0.15) is 5.10 Å². The van der Waals surface area contributed by atoms with Crippen LogP contribution in [0.1, 0.15) is 24.6 Å². The number of H-pyrrole nitrogens is 1. The topological polar surface area (TPSA) is 57.7 Å². The molecule has 0 amide bonds. The van der Waals surface area contributed by atoms with Crippen molar-refractivity contribution < 1.29 is 21.1 Å². The summed E-state index contributed by atoms with van der Waals surface area (Å²) in [4.78, 5) is 10.5. The Labute approximate surface area is 120 Å². The monoisotopic (exact) mass is 412 g/mol. The predicted molar refractivity (Wildman–Crippen MR) is 63.6 cm³/mol. The Kier molecular flexibility index (Phi) is 4.47. The summed E-state index contributed by atoms with van der Waals surface area (Å²) >= 11 is 0. The molecule has 3 heterocycles. The Morgan fingerprint density at radius 1 is 1.33 bits per heavy atom. The number of aromatic amines is 1. The second-order valence-corrected chi connectivity index (χ2v) is 4.28. The van der Waals surface area contributed by atoms with E-state index in [0.717, 1.165) is 31.8 Å². The van der Waals surface area contributed by atoms with Crippen molar-refractivity contribution in [1.82, 2.24) is 20.2 Å². The van der Waals surface area contributed by atoms with Gasteiger partial charge < -0.3 is 9.88 Å². The summed E-state index contributed by atoms with van der Waals surface area (Å²) in [5, 5.41) is 6.88. The quantitative estimate of drug-likeness (QED) is 0.758. The molecule has 1 aliphatic rings. The molecule has 0 bridgehead atoms. The van der Waals surface area contributed by atoms with Crippen molar-refractivity contribution in [3.05, 3.63) is 36.7 Å². The van der Waals surface area contributed by atoms with Crippen molar-refractivity contribution in [3.8, 4) is 0 Å². The van der Waals surface area contributed by atoms with E-state index in [2.05, 4.69) is 31.3 Å². The van der Waals surface area contributed by atoms with E-state index in [1.807, 2.05) is 12.1 Å². The summed E-state index contributed by atoms with van der Waals surface area (Å²) < 4.78 is 0. The summed E-state index contributed by atoms with van der Waals surface area (Å²) in [6, 6.07) is 3.97. The molecule has 18 heavy (non-hydrogen) atoms. The number of nitrogens with zero attached hydrogens (tertiary/aromatic N) is 4. The molecular formula is C12H14N5W-. The number of rotatable bonds is 2. The van der Waals surface area contributed by atoms with E-state index >= 15 is 0 Å². The van der Waals surface area contributed by atoms with E-state index in [-0.39, 0.29) is 21.1 Å². The average Bonchev–Trinajstić information content (AvgIpc) is 2.94. The molecule has 0 aliphatic carbocycles. The number of hydrogen-bond acceptors (Lipinski definition) is 4. The number of pyridine rings is 1. The second-order valence-electron chi connectivity index (χ2n) is 4.28. The maximum Gasteiger partial charge on any atom is 0.137 e. The van der Waals surface area contributed by atoms with Gasteiger partial charge in [0.1, 0.15) is 12.2 Å². The van der Waals surface area contributed by atoms with Gasteiger partial charge in [-0.3, -0.25) is 5.10 Å². The third kappa shape index (κ3) is 2.78. The summed E-state index contributed by atoms with van der Waals surface area (Å²) in [5.74, 6) is 1.53. The summed E-state index contributed by atoms with van der Waals surface area (Å²) in [5.41, 5.74) is 1.20. The van der Waals surface area contributed by atoms with E-state index in [1.165, 1.54) is 5.69 Å². The Balaban J connectivity index is 0.00000120. The first-order valence-electron chi connectivity index (χ1n) is 5.86. The minimum Gasteiger partial charge on any atom is -0.423 e. The molecule has 94 valence electrons. The van der Waals surface area contributed by atoms with Gasteiger partial charge in [-0.1, -0.05) is 18.1 Å². The molecule has 0 spiro atoms. The molecule has 1 N–H and O–H groups in total. The molecule has 2 aromatic heterocycles. The molecule has 0 aromatic carbocycles. The zero-order valence-corrected chi connectivity index (χ0v) is 12.8. The second kappa shape index (κ2) is 6.09. The molecule has 0 unspecified atom stereocenters. The van der Waals surface area contributed by atoms with Gasteiger partial charge in [0, 0.05) is 40.1 Å². The van der Waals surface area contributed by atoms with Crippen LogP contribution in [0.3, 0.4) is 0 Å². The van der Waals surface area contributed by atoms with Gasteiger partial charge in [0.25, 0.3) is 0 Å². The molecule has 2 aromatic rings. The fourth-order valence-corrected chi connectivity index (χ4v) is 2.33. The van der Waals surface area contributed by atoms with E-state index < -0.39 is 0 Å². The predicted octanol–water partition coefficient (Wildman–Crippen LogP) is 1.38. The van der Waals surface area contributed by atoms with Gasteiger partial charge in [0.05, 0.1) is 0 Å². The summed E-state index contributed by atoms with van der Waals surface area (Å²) in [6.45, 7) is 2.09. The molecule has 0 saturated carbocycles. The van der Waals surface area contributed by atoms with Crippen LogP contribution in [0.5, 0.6) is 0 Å². The van der Waals surface area contributed by atoms with Crippen molar-refractivity contribution in [3.63, 3.8) is 0 Å². The van der Waals surface area contributed by atoms with Gasteiger partial charge in [0.2, 0.25) is 0 Å². The Morgan fingerprint density at radius 2 is 2.17 bits per heavy atom. The van der Waals surface area contributed by atoms with E-state index in [0.29, 0.717) is 5.92 Å². The van der Waals surface area contributed by atoms with E-state index in [4.69, 9.17) is 0 Å². The third-order valence-electron chi connectivity index (χ3n) is 3.29. The van der Waals surface area contributed by atoms with Crippen LogP contribution in [0.4, 0.5) is 5.69 Å². The Bertz CT molecular complexity index is 451.